The van der Waals surface area contributed by atoms with Crippen LogP contribution in [0.1, 0.15) is 25.0 Å². The number of hydrogen-bond acceptors (Lipinski definition) is 2. The van der Waals surface area contributed by atoms with Crippen LogP contribution in [-0.2, 0) is 5.41 Å². The van der Waals surface area contributed by atoms with Gasteiger partial charge in [-0.3, -0.25) is 4.98 Å². The first-order chi connectivity index (χ1) is 23.1. The number of fused-ring (bicyclic) bond motifs is 12. The molecule has 0 radical (unpaired) electrons. The Morgan fingerprint density at radius 1 is 0.404 bits per heavy atom. The Labute approximate surface area is 273 Å². The molecule has 0 unspecified atom stereocenters. The SMILES string of the molecule is CC1(C)c2ccccc2-c2ccc(-c3cccc4c3ccc3c(-c5cnc6c7ccccc7c7ccccc7c6n5)cccc34)cc21. The predicted octanol–water partition coefficient (Wildman–Crippen LogP) is 11.9. The topological polar surface area (TPSA) is 25.8 Å². The third-order valence-electron chi connectivity index (χ3n) is 10.5. The van der Waals surface area contributed by atoms with E-state index in [9.17, 15) is 0 Å². The van der Waals surface area contributed by atoms with Crippen LogP contribution in [0.2, 0.25) is 0 Å². The Morgan fingerprint density at radius 2 is 0.936 bits per heavy atom. The Kier molecular flexibility index (Phi) is 5.37. The average molecular weight is 599 g/mol. The quantitative estimate of drug-likeness (QED) is 0.185. The number of aromatic nitrogens is 2. The Morgan fingerprint density at radius 3 is 1.68 bits per heavy atom. The highest BCUT2D eigenvalue weighted by Crippen LogP contribution is 2.50. The fourth-order valence-electron chi connectivity index (χ4n) is 8.23. The molecule has 8 aromatic carbocycles. The first-order valence-electron chi connectivity index (χ1n) is 16.3. The van der Waals surface area contributed by atoms with Crippen LogP contribution >= 0.6 is 0 Å². The molecule has 10 rings (SSSR count). The van der Waals surface area contributed by atoms with Crippen molar-refractivity contribution in [1.29, 1.82) is 0 Å². The third-order valence-corrected chi connectivity index (χ3v) is 10.5. The molecule has 0 saturated heterocycles. The van der Waals surface area contributed by atoms with Gasteiger partial charge in [-0.05, 0) is 71.8 Å². The van der Waals surface area contributed by atoms with E-state index in [0.717, 1.165) is 33.1 Å². The average Bonchev–Trinajstić information content (AvgIpc) is 3.36. The van der Waals surface area contributed by atoms with Crippen molar-refractivity contribution in [1.82, 2.24) is 9.97 Å². The van der Waals surface area contributed by atoms with Gasteiger partial charge in [0.2, 0.25) is 0 Å². The summed E-state index contributed by atoms with van der Waals surface area (Å²) in [6.45, 7) is 4.70. The zero-order valence-electron chi connectivity index (χ0n) is 26.3. The summed E-state index contributed by atoms with van der Waals surface area (Å²) in [5, 5.41) is 9.59. The van der Waals surface area contributed by atoms with Gasteiger partial charge in [-0.15, -0.1) is 0 Å². The normalized spacial score (nSPS) is 13.5. The van der Waals surface area contributed by atoms with Crippen molar-refractivity contribution in [3.63, 3.8) is 0 Å². The van der Waals surface area contributed by atoms with E-state index in [4.69, 9.17) is 9.97 Å². The lowest BCUT2D eigenvalue weighted by Gasteiger charge is -2.22. The van der Waals surface area contributed by atoms with Gasteiger partial charge < -0.3 is 0 Å². The van der Waals surface area contributed by atoms with E-state index < -0.39 is 0 Å². The van der Waals surface area contributed by atoms with Gasteiger partial charge in [0, 0.05) is 21.8 Å². The maximum Gasteiger partial charge on any atom is 0.0979 e. The minimum atomic E-state index is -0.0351. The molecule has 1 aliphatic rings. The van der Waals surface area contributed by atoms with Gasteiger partial charge in [0.05, 0.1) is 22.9 Å². The van der Waals surface area contributed by atoms with Gasteiger partial charge >= 0.3 is 0 Å². The van der Waals surface area contributed by atoms with Crippen LogP contribution < -0.4 is 0 Å². The molecule has 1 aromatic heterocycles. The van der Waals surface area contributed by atoms with Crippen LogP contribution in [0.3, 0.4) is 0 Å². The van der Waals surface area contributed by atoms with Crippen molar-refractivity contribution >= 4 is 54.1 Å². The molecule has 0 amide bonds. The molecule has 220 valence electrons. The van der Waals surface area contributed by atoms with Crippen LogP contribution in [0, 0.1) is 0 Å². The number of nitrogens with zero attached hydrogens (tertiary/aromatic N) is 2. The largest absolute Gasteiger partial charge is 0.252 e. The molecule has 2 heteroatoms. The molecular formula is C45H30N2. The summed E-state index contributed by atoms with van der Waals surface area (Å²) in [7, 11) is 0. The van der Waals surface area contributed by atoms with Gasteiger partial charge in [-0.2, -0.15) is 0 Å². The minimum absolute atomic E-state index is 0.0351. The fourth-order valence-corrected chi connectivity index (χ4v) is 8.23. The summed E-state index contributed by atoms with van der Waals surface area (Å²) in [5.74, 6) is 0. The second-order valence-corrected chi connectivity index (χ2v) is 13.3. The Balaban J connectivity index is 1.15. The second kappa shape index (κ2) is 9.57. The van der Waals surface area contributed by atoms with Crippen molar-refractivity contribution < 1.29 is 0 Å². The van der Waals surface area contributed by atoms with Crippen molar-refractivity contribution in [2.75, 3.05) is 0 Å². The van der Waals surface area contributed by atoms with Crippen LogP contribution in [0.5, 0.6) is 0 Å². The highest BCUT2D eigenvalue weighted by molar-refractivity contribution is 6.23. The third kappa shape index (κ3) is 3.67. The molecule has 0 N–H and O–H groups in total. The zero-order chi connectivity index (χ0) is 31.3. The van der Waals surface area contributed by atoms with Crippen molar-refractivity contribution in [3.8, 4) is 33.5 Å². The lowest BCUT2D eigenvalue weighted by Crippen LogP contribution is -2.14. The monoisotopic (exact) mass is 598 g/mol. The van der Waals surface area contributed by atoms with Gasteiger partial charge in [0.15, 0.2) is 0 Å². The predicted molar refractivity (Wildman–Crippen MR) is 198 cm³/mol. The molecule has 9 aromatic rings. The van der Waals surface area contributed by atoms with Gasteiger partial charge in [-0.25, -0.2) is 4.98 Å². The van der Waals surface area contributed by atoms with E-state index >= 15 is 0 Å². The van der Waals surface area contributed by atoms with Gasteiger partial charge in [0.25, 0.3) is 0 Å². The lowest BCUT2D eigenvalue weighted by molar-refractivity contribution is 0.660. The molecule has 0 atom stereocenters. The highest BCUT2D eigenvalue weighted by atomic mass is 14.8. The molecule has 0 aliphatic heterocycles. The molecule has 2 nitrogen and oxygen atoms in total. The van der Waals surface area contributed by atoms with Crippen molar-refractivity contribution in [2.45, 2.75) is 19.3 Å². The van der Waals surface area contributed by atoms with Gasteiger partial charge in [0.1, 0.15) is 0 Å². The Hall–Kier alpha value is -5.86. The van der Waals surface area contributed by atoms with E-state index in [0.29, 0.717) is 0 Å². The smallest absolute Gasteiger partial charge is 0.0979 e. The highest BCUT2D eigenvalue weighted by Gasteiger charge is 2.35. The first-order valence-corrected chi connectivity index (χ1v) is 16.3. The summed E-state index contributed by atoms with van der Waals surface area (Å²) in [5.41, 5.74) is 11.9. The minimum Gasteiger partial charge on any atom is -0.252 e. The molecule has 0 bridgehead atoms. The van der Waals surface area contributed by atoms with Gasteiger partial charge in [-0.1, -0.05) is 147 Å². The Bertz CT molecular complexity index is 2740. The molecule has 0 saturated carbocycles. The van der Waals surface area contributed by atoms with Crippen LogP contribution in [-0.4, -0.2) is 9.97 Å². The maximum atomic E-state index is 5.32. The van der Waals surface area contributed by atoms with E-state index in [2.05, 4.69) is 153 Å². The number of hydrogen-bond donors (Lipinski definition) is 0. The molecule has 0 spiro atoms. The van der Waals surface area contributed by atoms with Crippen LogP contribution in [0.15, 0.2) is 146 Å². The summed E-state index contributed by atoms with van der Waals surface area (Å²) in [6, 6.07) is 50.8. The number of rotatable bonds is 2. The lowest BCUT2D eigenvalue weighted by atomic mass is 9.81. The maximum absolute atomic E-state index is 5.32. The summed E-state index contributed by atoms with van der Waals surface area (Å²) < 4.78 is 0. The standard InChI is InChI=1S/C45H30N2/c1-45(2)40-20-8-7-13-35(40)36-22-21-27(25-41(36)45)28-16-9-17-29-30-18-10-19-37(34(30)24-23-33(28)29)42-26-46-43-38-14-5-3-11-31(38)32-12-4-6-15-39(32)44(43)47-42/h3-26H,1-2H3. The fraction of sp³-hybridized carbons (Fsp3) is 0.0667. The molecule has 1 aliphatic carbocycles. The molecule has 0 fully saturated rings. The summed E-state index contributed by atoms with van der Waals surface area (Å²) in [6.07, 6.45) is 1.95. The summed E-state index contributed by atoms with van der Waals surface area (Å²) >= 11 is 0. The van der Waals surface area contributed by atoms with Crippen molar-refractivity contribution in [3.05, 3.63) is 157 Å². The molecule has 1 heterocycles. The molecule has 47 heavy (non-hydrogen) atoms. The van der Waals surface area contributed by atoms with E-state index in [1.165, 1.54) is 65.7 Å². The summed E-state index contributed by atoms with van der Waals surface area (Å²) in [4.78, 5) is 10.4. The number of benzene rings is 8. The second-order valence-electron chi connectivity index (χ2n) is 13.3. The van der Waals surface area contributed by atoms with E-state index in [1.807, 2.05) is 6.20 Å². The zero-order valence-corrected chi connectivity index (χ0v) is 26.3. The van der Waals surface area contributed by atoms with E-state index in [-0.39, 0.29) is 5.41 Å². The van der Waals surface area contributed by atoms with Crippen LogP contribution in [0.25, 0.3) is 87.6 Å². The molecular weight excluding hydrogens is 569 g/mol. The first kappa shape index (κ1) is 26.4. The van der Waals surface area contributed by atoms with Crippen molar-refractivity contribution in [2.24, 2.45) is 0 Å². The van der Waals surface area contributed by atoms with Crippen LogP contribution in [0.4, 0.5) is 0 Å². The van der Waals surface area contributed by atoms with E-state index in [1.54, 1.807) is 0 Å².